The van der Waals surface area contributed by atoms with Crippen molar-refractivity contribution in [3.63, 3.8) is 0 Å². The molecule has 6 aromatic carbocycles. The molecule has 236 valence electrons. The van der Waals surface area contributed by atoms with Crippen molar-refractivity contribution < 1.29 is 27.6 Å². The lowest BCUT2D eigenvalue weighted by Gasteiger charge is -2.18. The zero-order chi connectivity index (χ0) is 33.9. The first-order valence-corrected chi connectivity index (χ1v) is 16.8. The number of rotatable bonds is 6. The lowest BCUT2D eigenvalue weighted by molar-refractivity contribution is 0.0910. The number of amides is 4. The van der Waals surface area contributed by atoms with Crippen LogP contribution in [-0.4, -0.2) is 32.0 Å². The minimum Gasteiger partial charge on any atom is -0.268 e. The van der Waals surface area contributed by atoms with Crippen LogP contribution < -0.4 is 9.80 Å². The number of benzene rings is 6. The number of para-hydroxylation sites is 2. The van der Waals surface area contributed by atoms with Gasteiger partial charge in [-0.3, -0.25) is 19.2 Å². The molecule has 0 aliphatic carbocycles. The minimum absolute atomic E-state index is 0.0509. The van der Waals surface area contributed by atoms with E-state index in [1.807, 2.05) is 84.9 Å². The Labute approximate surface area is 281 Å². The molecule has 4 amide bonds. The van der Waals surface area contributed by atoms with Crippen molar-refractivity contribution in [1.29, 1.82) is 0 Å². The number of fused-ring (bicyclic) bond motifs is 2. The van der Waals surface area contributed by atoms with Crippen LogP contribution in [0, 0.1) is 0 Å². The van der Waals surface area contributed by atoms with Crippen LogP contribution in [-0.2, 0) is 9.84 Å². The Morgan fingerprint density at radius 2 is 0.694 bits per heavy atom. The molecule has 0 atom stereocenters. The van der Waals surface area contributed by atoms with Crippen molar-refractivity contribution in [3.8, 4) is 22.3 Å². The van der Waals surface area contributed by atoms with Gasteiger partial charge in [0.15, 0.2) is 0 Å². The number of hydrogen-bond acceptors (Lipinski definition) is 6. The standard InChI is InChI=1S/C40H24N2O6S/c43-37-31-21-19-27(23-33(31)39(45)41(37)35-17-9-7-15-29(35)25-11-3-1-4-12-25)49(47,48)28-20-22-32-34(24-28)40(46)42(38(32)44)36-18-10-8-16-30(36)26-13-5-2-6-14-26/h1-24H. The number of sulfone groups is 1. The van der Waals surface area contributed by atoms with Gasteiger partial charge < -0.3 is 0 Å². The molecule has 2 aliphatic rings. The maximum Gasteiger partial charge on any atom is 0.266 e. The van der Waals surface area contributed by atoms with Crippen LogP contribution in [0.25, 0.3) is 22.3 Å². The SMILES string of the molecule is O=C1c2ccc(S(=O)(=O)c3ccc4c(c3)C(=O)N(c3ccccc3-c3ccccc3)C4=O)cc2C(=O)N1c1ccccc1-c1ccccc1. The molecule has 0 bridgehead atoms. The molecular weight excluding hydrogens is 637 g/mol. The summed E-state index contributed by atoms with van der Waals surface area (Å²) in [6.45, 7) is 0. The molecule has 6 aromatic rings. The summed E-state index contributed by atoms with van der Waals surface area (Å²) in [6, 6.07) is 40.3. The third-order valence-corrected chi connectivity index (χ3v) is 10.5. The van der Waals surface area contributed by atoms with E-state index >= 15 is 0 Å². The molecule has 0 radical (unpaired) electrons. The van der Waals surface area contributed by atoms with Crippen LogP contribution in [0.4, 0.5) is 11.4 Å². The lowest BCUT2D eigenvalue weighted by Crippen LogP contribution is -2.29. The largest absolute Gasteiger partial charge is 0.268 e. The minimum atomic E-state index is -4.29. The van der Waals surface area contributed by atoms with E-state index in [4.69, 9.17) is 0 Å². The Kier molecular flexibility index (Phi) is 6.94. The molecule has 2 aliphatic heterocycles. The third-order valence-electron chi connectivity index (χ3n) is 8.80. The average Bonchev–Trinajstić information content (AvgIpc) is 3.55. The fourth-order valence-electron chi connectivity index (χ4n) is 6.41. The van der Waals surface area contributed by atoms with Gasteiger partial charge in [-0.2, -0.15) is 0 Å². The van der Waals surface area contributed by atoms with Crippen molar-refractivity contribution in [2.24, 2.45) is 0 Å². The third kappa shape index (κ3) is 4.70. The number of carbonyl (C=O) groups excluding carboxylic acids is 4. The van der Waals surface area contributed by atoms with E-state index in [0.29, 0.717) is 22.5 Å². The highest BCUT2D eigenvalue weighted by Gasteiger charge is 2.41. The van der Waals surface area contributed by atoms with Crippen LogP contribution in [0.1, 0.15) is 41.4 Å². The van der Waals surface area contributed by atoms with Crippen molar-refractivity contribution in [2.75, 3.05) is 9.80 Å². The molecule has 2 heterocycles. The first-order valence-electron chi connectivity index (χ1n) is 15.4. The Balaban J connectivity index is 1.14. The van der Waals surface area contributed by atoms with Gasteiger partial charge in [0, 0.05) is 11.1 Å². The molecule has 0 unspecified atom stereocenters. The average molecular weight is 661 g/mol. The van der Waals surface area contributed by atoms with Gasteiger partial charge in [-0.05, 0) is 59.7 Å². The lowest BCUT2D eigenvalue weighted by atomic mass is 10.0. The number of imide groups is 2. The molecule has 9 heteroatoms. The highest BCUT2D eigenvalue weighted by atomic mass is 32.2. The zero-order valence-electron chi connectivity index (χ0n) is 25.6. The fraction of sp³-hybridized carbons (Fsp3) is 0. The molecule has 0 saturated carbocycles. The normalized spacial score (nSPS) is 14.0. The first-order chi connectivity index (χ1) is 23.8. The maximum absolute atomic E-state index is 14.0. The second-order valence-corrected chi connectivity index (χ2v) is 13.5. The zero-order valence-corrected chi connectivity index (χ0v) is 26.4. The van der Waals surface area contributed by atoms with Gasteiger partial charge in [-0.15, -0.1) is 0 Å². The molecule has 49 heavy (non-hydrogen) atoms. The predicted molar refractivity (Wildman–Crippen MR) is 184 cm³/mol. The summed E-state index contributed by atoms with van der Waals surface area (Å²) in [7, 11) is -4.29. The summed E-state index contributed by atoms with van der Waals surface area (Å²) in [4.78, 5) is 56.3. The molecule has 0 fully saturated rings. The van der Waals surface area contributed by atoms with Crippen molar-refractivity contribution in [3.05, 3.63) is 168 Å². The highest BCUT2D eigenvalue weighted by molar-refractivity contribution is 7.91. The summed E-state index contributed by atoms with van der Waals surface area (Å²) < 4.78 is 27.9. The maximum atomic E-state index is 14.0. The monoisotopic (exact) mass is 660 g/mol. The van der Waals surface area contributed by atoms with E-state index in [1.54, 1.807) is 24.3 Å². The highest BCUT2D eigenvalue weighted by Crippen LogP contribution is 2.39. The Bertz CT molecular complexity index is 2330. The molecule has 0 N–H and O–H groups in total. The van der Waals surface area contributed by atoms with Gasteiger partial charge in [-0.25, -0.2) is 18.2 Å². The van der Waals surface area contributed by atoms with E-state index in [9.17, 15) is 27.6 Å². The van der Waals surface area contributed by atoms with Gasteiger partial charge >= 0.3 is 0 Å². The quantitative estimate of drug-likeness (QED) is 0.172. The first kappa shape index (κ1) is 29.9. The number of hydrogen-bond donors (Lipinski definition) is 0. The van der Waals surface area contributed by atoms with Crippen LogP contribution in [0.3, 0.4) is 0 Å². The molecular formula is C40H24N2O6S. The van der Waals surface area contributed by atoms with Crippen molar-refractivity contribution in [2.45, 2.75) is 9.79 Å². The van der Waals surface area contributed by atoms with Gasteiger partial charge in [0.1, 0.15) is 0 Å². The van der Waals surface area contributed by atoms with E-state index in [0.717, 1.165) is 20.9 Å². The molecule has 0 spiro atoms. The van der Waals surface area contributed by atoms with Gasteiger partial charge in [0.25, 0.3) is 23.6 Å². The van der Waals surface area contributed by atoms with Crippen molar-refractivity contribution in [1.82, 2.24) is 0 Å². The number of anilines is 2. The van der Waals surface area contributed by atoms with Crippen LogP contribution in [0.2, 0.25) is 0 Å². The van der Waals surface area contributed by atoms with Gasteiger partial charge in [0.2, 0.25) is 9.84 Å². The Hall–Kier alpha value is -6.45. The van der Waals surface area contributed by atoms with E-state index in [1.165, 1.54) is 36.4 Å². The summed E-state index contributed by atoms with van der Waals surface area (Å²) >= 11 is 0. The summed E-state index contributed by atoms with van der Waals surface area (Å²) in [5, 5.41) is 0. The number of carbonyl (C=O) groups is 4. The van der Waals surface area contributed by atoms with E-state index < -0.39 is 33.5 Å². The van der Waals surface area contributed by atoms with Crippen LogP contribution in [0.5, 0.6) is 0 Å². The van der Waals surface area contributed by atoms with E-state index in [-0.39, 0.29) is 32.0 Å². The second kappa shape index (κ2) is 11.4. The smallest absolute Gasteiger partial charge is 0.266 e. The van der Waals surface area contributed by atoms with E-state index in [2.05, 4.69) is 0 Å². The molecule has 8 nitrogen and oxygen atoms in total. The summed E-state index contributed by atoms with van der Waals surface area (Å²) in [5.41, 5.74) is 3.77. The van der Waals surface area contributed by atoms with Gasteiger partial charge in [-0.1, -0.05) is 97.1 Å². The Morgan fingerprint density at radius 3 is 1.10 bits per heavy atom. The molecule has 8 rings (SSSR count). The number of nitrogens with zero attached hydrogens (tertiary/aromatic N) is 2. The predicted octanol–water partition coefficient (Wildman–Crippen LogP) is 7.45. The molecule has 0 aromatic heterocycles. The van der Waals surface area contributed by atoms with Crippen molar-refractivity contribution >= 4 is 44.8 Å². The Morgan fingerprint density at radius 1 is 0.347 bits per heavy atom. The summed E-state index contributed by atoms with van der Waals surface area (Å²) in [5.74, 6) is -2.43. The van der Waals surface area contributed by atoms with Gasteiger partial charge in [0.05, 0.1) is 43.4 Å². The topological polar surface area (TPSA) is 109 Å². The second-order valence-electron chi connectivity index (χ2n) is 11.6. The van der Waals surface area contributed by atoms with Crippen LogP contribution >= 0.6 is 0 Å². The fourth-order valence-corrected chi connectivity index (χ4v) is 7.72. The molecule has 0 saturated heterocycles. The summed E-state index contributed by atoms with van der Waals surface area (Å²) in [6.07, 6.45) is 0. The van der Waals surface area contributed by atoms with Crippen LogP contribution in [0.15, 0.2) is 155 Å².